The van der Waals surface area contributed by atoms with Crippen LogP contribution < -0.4 is 5.32 Å². The van der Waals surface area contributed by atoms with Gasteiger partial charge in [0.15, 0.2) is 11.6 Å². The molecule has 0 bridgehead atoms. The number of piperidine rings is 1. The van der Waals surface area contributed by atoms with Gasteiger partial charge >= 0.3 is 0 Å². The molecule has 130 valence electrons. The SMILES string of the molecule is Cc1nc(C(=O)Nc2ccc3[nH]cc(C4CCN(C)CC4)c3n2)co1. The molecule has 0 aliphatic carbocycles. The maximum Gasteiger partial charge on any atom is 0.278 e. The number of carbonyl (C=O) groups is 1. The Morgan fingerprint density at radius 2 is 2.12 bits per heavy atom. The van der Waals surface area contributed by atoms with Gasteiger partial charge in [-0.3, -0.25) is 4.79 Å². The average molecular weight is 339 g/mol. The van der Waals surface area contributed by atoms with Crippen molar-refractivity contribution in [3.05, 3.63) is 41.7 Å². The standard InChI is InChI=1S/C18H21N5O2/c1-11-20-15(10-25-11)18(24)22-16-4-3-14-17(21-16)13(9-19-14)12-5-7-23(2)8-6-12/h3-4,9-10,12,19H,5-8H2,1-2H3,(H,21,22,24). The number of nitrogens with one attached hydrogen (secondary N) is 2. The van der Waals surface area contributed by atoms with E-state index in [2.05, 4.69) is 38.4 Å². The van der Waals surface area contributed by atoms with Crippen LogP contribution >= 0.6 is 0 Å². The number of hydrogen-bond donors (Lipinski definition) is 2. The van der Waals surface area contributed by atoms with Crippen LogP contribution in [0.5, 0.6) is 0 Å². The Morgan fingerprint density at radius 3 is 2.84 bits per heavy atom. The number of aromatic amines is 1. The molecule has 1 aliphatic heterocycles. The maximum absolute atomic E-state index is 12.2. The van der Waals surface area contributed by atoms with Crippen LogP contribution in [0, 0.1) is 6.92 Å². The molecule has 1 saturated heterocycles. The van der Waals surface area contributed by atoms with E-state index < -0.39 is 0 Å². The first-order chi connectivity index (χ1) is 12.1. The summed E-state index contributed by atoms with van der Waals surface area (Å²) in [6.45, 7) is 3.90. The van der Waals surface area contributed by atoms with Crippen LogP contribution in [-0.4, -0.2) is 45.9 Å². The van der Waals surface area contributed by atoms with E-state index >= 15 is 0 Å². The van der Waals surface area contributed by atoms with Crippen molar-refractivity contribution in [2.45, 2.75) is 25.7 Å². The lowest BCUT2D eigenvalue weighted by Gasteiger charge is -2.28. The molecule has 0 radical (unpaired) electrons. The molecule has 3 aromatic rings. The zero-order valence-corrected chi connectivity index (χ0v) is 14.4. The van der Waals surface area contributed by atoms with Crippen molar-refractivity contribution in [1.29, 1.82) is 0 Å². The van der Waals surface area contributed by atoms with Gasteiger partial charge in [0.2, 0.25) is 0 Å². The average Bonchev–Trinajstić information content (AvgIpc) is 3.22. The molecule has 0 aromatic carbocycles. The van der Waals surface area contributed by atoms with Crippen LogP contribution in [0.25, 0.3) is 11.0 Å². The highest BCUT2D eigenvalue weighted by Gasteiger charge is 2.22. The molecule has 1 amide bonds. The van der Waals surface area contributed by atoms with Gasteiger partial charge < -0.3 is 19.6 Å². The first kappa shape index (κ1) is 15.8. The largest absolute Gasteiger partial charge is 0.448 e. The minimum absolute atomic E-state index is 0.254. The molecular weight excluding hydrogens is 318 g/mol. The van der Waals surface area contributed by atoms with Crippen LogP contribution in [0.4, 0.5) is 5.82 Å². The van der Waals surface area contributed by atoms with E-state index in [9.17, 15) is 4.79 Å². The van der Waals surface area contributed by atoms with E-state index in [1.54, 1.807) is 13.0 Å². The van der Waals surface area contributed by atoms with Gasteiger partial charge in [-0.15, -0.1) is 0 Å². The first-order valence-electron chi connectivity index (χ1n) is 8.50. The van der Waals surface area contributed by atoms with E-state index in [-0.39, 0.29) is 11.6 Å². The monoisotopic (exact) mass is 339 g/mol. The van der Waals surface area contributed by atoms with Gasteiger partial charge in [0.05, 0.1) is 11.0 Å². The van der Waals surface area contributed by atoms with Crippen LogP contribution in [-0.2, 0) is 0 Å². The number of nitrogens with zero attached hydrogens (tertiary/aromatic N) is 3. The topological polar surface area (TPSA) is 87.0 Å². The molecule has 1 aliphatic rings. The zero-order valence-electron chi connectivity index (χ0n) is 14.4. The Hall–Kier alpha value is -2.67. The Bertz CT molecular complexity index is 905. The number of H-pyrrole nitrogens is 1. The van der Waals surface area contributed by atoms with Crippen molar-refractivity contribution in [1.82, 2.24) is 19.9 Å². The summed E-state index contributed by atoms with van der Waals surface area (Å²) >= 11 is 0. The Kier molecular flexibility index (Phi) is 4.01. The van der Waals surface area contributed by atoms with Crippen molar-refractivity contribution in [2.24, 2.45) is 0 Å². The van der Waals surface area contributed by atoms with Crippen molar-refractivity contribution in [2.75, 3.05) is 25.5 Å². The summed E-state index contributed by atoms with van der Waals surface area (Å²) in [4.78, 5) is 26.6. The van der Waals surface area contributed by atoms with Crippen molar-refractivity contribution >= 4 is 22.8 Å². The number of amides is 1. The van der Waals surface area contributed by atoms with Crippen LogP contribution in [0.1, 0.15) is 40.7 Å². The summed E-state index contributed by atoms with van der Waals surface area (Å²) in [6.07, 6.45) is 5.66. The Balaban J connectivity index is 1.59. The molecule has 7 heteroatoms. The third kappa shape index (κ3) is 3.15. The van der Waals surface area contributed by atoms with E-state index in [0.717, 1.165) is 37.0 Å². The number of hydrogen-bond acceptors (Lipinski definition) is 5. The van der Waals surface area contributed by atoms with E-state index in [1.165, 1.54) is 11.8 Å². The van der Waals surface area contributed by atoms with Crippen LogP contribution in [0.15, 0.2) is 29.0 Å². The second-order valence-electron chi connectivity index (χ2n) is 6.62. The second-order valence-corrected chi connectivity index (χ2v) is 6.62. The van der Waals surface area contributed by atoms with Gasteiger partial charge in [0, 0.05) is 13.1 Å². The zero-order chi connectivity index (χ0) is 17.4. The van der Waals surface area contributed by atoms with Gasteiger partial charge in [0.25, 0.3) is 5.91 Å². The third-order valence-corrected chi connectivity index (χ3v) is 4.80. The molecule has 0 unspecified atom stereocenters. The Morgan fingerprint density at radius 1 is 1.32 bits per heavy atom. The highest BCUT2D eigenvalue weighted by Crippen LogP contribution is 2.32. The summed E-state index contributed by atoms with van der Waals surface area (Å²) in [5.41, 5.74) is 3.41. The Labute approximate surface area is 145 Å². The van der Waals surface area contributed by atoms with Gasteiger partial charge in [0.1, 0.15) is 12.1 Å². The van der Waals surface area contributed by atoms with Gasteiger partial charge in [-0.1, -0.05) is 0 Å². The number of likely N-dealkylation sites (tertiary alicyclic amines) is 1. The van der Waals surface area contributed by atoms with Crippen LogP contribution in [0.3, 0.4) is 0 Å². The second kappa shape index (κ2) is 6.33. The van der Waals surface area contributed by atoms with Crippen molar-refractivity contribution in [3.63, 3.8) is 0 Å². The van der Waals surface area contributed by atoms with Gasteiger partial charge in [-0.05, 0) is 56.6 Å². The summed E-state index contributed by atoms with van der Waals surface area (Å²) < 4.78 is 5.09. The highest BCUT2D eigenvalue weighted by atomic mass is 16.3. The number of anilines is 1. The molecule has 3 aromatic heterocycles. The maximum atomic E-state index is 12.2. The van der Waals surface area contributed by atoms with Crippen LogP contribution in [0.2, 0.25) is 0 Å². The fourth-order valence-electron chi connectivity index (χ4n) is 3.37. The molecular formula is C18H21N5O2. The smallest absolute Gasteiger partial charge is 0.278 e. The quantitative estimate of drug-likeness (QED) is 0.766. The fraction of sp³-hybridized carbons (Fsp3) is 0.389. The summed E-state index contributed by atoms with van der Waals surface area (Å²) in [5.74, 6) is 1.16. The lowest BCUT2D eigenvalue weighted by atomic mass is 9.91. The number of aromatic nitrogens is 3. The summed E-state index contributed by atoms with van der Waals surface area (Å²) in [6, 6.07) is 3.74. The molecule has 7 nitrogen and oxygen atoms in total. The molecule has 0 saturated carbocycles. The van der Waals surface area contributed by atoms with Gasteiger partial charge in [-0.25, -0.2) is 9.97 Å². The highest BCUT2D eigenvalue weighted by molar-refractivity contribution is 6.02. The van der Waals surface area contributed by atoms with E-state index in [0.29, 0.717) is 17.6 Å². The van der Waals surface area contributed by atoms with Crippen molar-refractivity contribution in [3.8, 4) is 0 Å². The number of fused-ring (bicyclic) bond motifs is 1. The minimum Gasteiger partial charge on any atom is -0.448 e. The fourth-order valence-corrected chi connectivity index (χ4v) is 3.37. The molecule has 2 N–H and O–H groups in total. The normalized spacial score (nSPS) is 16.4. The predicted molar refractivity (Wildman–Crippen MR) is 94.8 cm³/mol. The summed E-state index contributed by atoms with van der Waals surface area (Å²) in [7, 11) is 2.16. The number of carbonyl (C=O) groups excluding carboxylic acids is 1. The summed E-state index contributed by atoms with van der Waals surface area (Å²) in [5, 5.41) is 2.80. The molecule has 1 fully saturated rings. The predicted octanol–water partition coefficient (Wildman–Crippen LogP) is 2.92. The number of oxazole rings is 1. The number of pyridine rings is 1. The van der Waals surface area contributed by atoms with E-state index in [4.69, 9.17) is 4.42 Å². The number of rotatable bonds is 3. The van der Waals surface area contributed by atoms with Gasteiger partial charge in [-0.2, -0.15) is 0 Å². The number of aryl methyl sites for hydroxylation is 1. The van der Waals surface area contributed by atoms with E-state index in [1.807, 2.05) is 6.07 Å². The first-order valence-corrected chi connectivity index (χ1v) is 8.50. The molecule has 0 spiro atoms. The molecule has 0 atom stereocenters. The molecule has 4 rings (SSSR count). The molecule has 25 heavy (non-hydrogen) atoms. The minimum atomic E-state index is -0.319. The third-order valence-electron chi connectivity index (χ3n) is 4.80. The molecule has 4 heterocycles. The lowest BCUT2D eigenvalue weighted by molar-refractivity contribution is 0.102. The van der Waals surface area contributed by atoms with Crippen molar-refractivity contribution < 1.29 is 9.21 Å². The lowest BCUT2D eigenvalue weighted by Crippen LogP contribution is -2.29.